The second kappa shape index (κ2) is 14.0. The summed E-state index contributed by atoms with van der Waals surface area (Å²) < 4.78 is 4.34. The SMILES string of the molecule is CC(C)(C)c1ccc(-n2c(C(C)(C)n3[c-]ncc3)nc3c(-c4[c-]c(-c5cc(-c6ccccc6)ccn5)ccc4)cccc32)c(-c2ccccc2)c1.[Pt+2]. The van der Waals surface area contributed by atoms with E-state index in [4.69, 9.17) is 9.97 Å². The average Bonchev–Trinajstić information content (AvgIpc) is 3.85. The fraction of sp³-hybridized carbons (Fsp3) is 0.152. The van der Waals surface area contributed by atoms with Crippen LogP contribution in [0.15, 0.2) is 146 Å². The molecule has 52 heavy (non-hydrogen) atoms. The molecule has 3 aromatic heterocycles. The van der Waals surface area contributed by atoms with Crippen LogP contribution in [0.25, 0.3) is 61.4 Å². The van der Waals surface area contributed by atoms with Gasteiger partial charge in [0.25, 0.3) is 0 Å². The fourth-order valence-electron chi connectivity index (χ4n) is 6.83. The molecule has 0 aliphatic carbocycles. The van der Waals surface area contributed by atoms with E-state index >= 15 is 0 Å². The molecule has 0 spiro atoms. The van der Waals surface area contributed by atoms with E-state index in [9.17, 15) is 0 Å². The third-order valence-electron chi connectivity index (χ3n) is 9.71. The summed E-state index contributed by atoms with van der Waals surface area (Å²) in [4.78, 5) is 14.6. The summed E-state index contributed by atoms with van der Waals surface area (Å²) in [6.45, 7) is 11.1. The zero-order chi connectivity index (χ0) is 35.2. The van der Waals surface area contributed by atoms with E-state index < -0.39 is 5.54 Å². The van der Waals surface area contributed by atoms with Gasteiger partial charge in [-0.25, -0.2) is 4.98 Å². The Bertz CT molecular complexity index is 2470. The molecule has 0 fully saturated rings. The van der Waals surface area contributed by atoms with Crippen LogP contribution in [-0.2, 0) is 32.0 Å². The summed E-state index contributed by atoms with van der Waals surface area (Å²) in [5.41, 5.74) is 12.0. The maximum Gasteiger partial charge on any atom is 2.00 e. The molecule has 0 aliphatic rings. The minimum Gasteiger partial charge on any atom is -0.444 e. The van der Waals surface area contributed by atoms with Gasteiger partial charge in [-0.3, -0.25) is 9.55 Å². The van der Waals surface area contributed by atoms with E-state index in [1.807, 2.05) is 23.0 Å². The number of para-hydroxylation sites is 1. The Morgan fingerprint density at radius 1 is 0.615 bits per heavy atom. The molecule has 5 aromatic carbocycles. The van der Waals surface area contributed by atoms with Crippen molar-refractivity contribution in [1.82, 2.24) is 24.1 Å². The molecule has 3 heterocycles. The number of rotatable bonds is 7. The number of fused-ring (bicyclic) bond motifs is 1. The van der Waals surface area contributed by atoms with E-state index in [1.165, 1.54) is 5.56 Å². The first-order chi connectivity index (χ1) is 24.7. The Labute approximate surface area is 320 Å². The third-order valence-corrected chi connectivity index (χ3v) is 9.71. The summed E-state index contributed by atoms with van der Waals surface area (Å²) in [5, 5.41) is 0. The molecular weight excluding hydrogens is 818 g/mol. The predicted molar refractivity (Wildman–Crippen MR) is 208 cm³/mol. The van der Waals surface area contributed by atoms with Crippen molar-refractivity contribution in [2.75, 3.05) is 0 Å². The minimum atomic E-state index is -0.587. The van der Waals surface area contributed by atoms with Crippen molar-refractivity contribution in [1.29, 1.82) is 0 Å². The van der Waals surface area contributed by atoms with Gasteiger partial charge in [0.1, 0.15) is 5.82 Å². The van der Waals surface area contributed by atoms with Gasteiger partial charge in [0, 0.05) is 23.8 Å². The minimum absolute atomic E-state index is 0. The maximum atomic E-state index is 5.51. The van der Waals surface area contributed by atoms with Crippen LogP contribution in [-0.4, -0.2) is 24.1 Å². The van der Waals surface area contributed by atoms with Gasteiger partial charge in [-0.05, 0) is 65.8 Å². The van der Waals surface area contributed by atoms with Gasteiger partial charge in [0.2, 0.25) is 0 Å². The van der Waals surface area contributed by atoms with Gasteiger partial charge in [-0.2, -0.15) is 0 Å². The second-order valence-electron chi connectivity index (χ2n) is 14.5. The normalized spacial score (nSPS) is 11.8. The van der Waals surface area contributed by atoms with Crippen molar-refractivity contribution < 1.29 is 21.1 Å². The topological polar surface area (TPSA) is 48.5 Å². The molecule has 8 rings (SSSR count). The summed E-state index contributed by atoms with van der Waals surface area (Å²) in [6, 6.07) is 48.5. The van der Waals surface area contributed by atoms with Crippen molar-refractivity contribution >= 4 is 11.0 Å². The fourth-order valence-corrected chi connectivity index (χ4v) is 6.83. The summed E-state index contributed by atoms with van der Waals surface area (Å²) in [6.07, 6.45) is 8.77. The first kappa shape index (κ1) is 35.0. The van der Waals surface area contributed by atoms with Gasteiger partial charge in [0.15, 0.2) is 0 Å². The molecular formula is C46H39N5Pt. The Kier molecular flexibility index (Phi) is 9.42. The summed E-state index contributed by atoms with van der Waals surface area (Å²) in [5.74, 6) is 0.883. The molecule has 0 radical (unpaired) electrons. The molecule has 0 saturated carbocycles. The van der Waals surface area contributed by atoms with Crippen LogP contribution in [0.2, 0.25) is 0 Å². The molecule has 5 nitrogen and oxygen atoms in total. The van der Waals surface area contributed by atoms with Crippen LogP contribution in [0, 0.1) is 12.4 Å². The number of hydrogen-bond donors (Lipinski definition) is 0. The number of nitrogens with zero attached hydrogens (tertiary/aromatic N) is 5. The Balaban J connectivity index is 0.00000420. The van der Waals surface area contributed by atoms with Crippen molar-refractivity contribution in [2.45, 2.75) is 45.6 Å². The molecule has 0 unspecified atom stereocenters. The first-order valence-electron chi connectivity index (χ1n) is 17.4. The smallest absolute Gasteiger partial charge is 0.444 e. The van der Waals surface area contributed by atoms with E-state index in [2.05, 4.69) is 178 Å². The number of pyridine rings is 1. The second-order valence-corrected chi connectivity index (χ2v) is 14.5. The van der Waals surface area contributed by atoms with Gasteiger partial charge in [-0.15, -0.1) is 42.2 Å². The van der Waals surface area contributed by atoms with Gasteiger partial charge in [0.05, 0.1) is 22.3 Å². The Morgan fingerprint density at radius 2 is 1.33 bits per heavy atom. The maximum absolute atomic E-state index is 5.51. The number of imidazole rings is 2. The summed E-state index contributed by atoms with van der Waals surface area (Å²) in [7, 11) is 0. The molecule has 6 heteroatoms. The Hall–Kier alpha value is -5.38. The predicted octanol–water partition coefficient (Wildman–Crippen LogP) is 11.0. The van der Waals surface area contributed by atoms with Crippen LogP contribution in [0.1, 0.15) is 46.0 Å². The molecule has 0 aliphatic heterocycles. The van der Waals surface area contributed by atoms with Crippen LogP contribution in [0.3, 0.4) is 0 Å². The van der Waals surface area contributed by atoms with Crippen LogP contribution in [0.4, 0.5) is 0 Å². The van der Waals surface area contributed by atoms with Crippen LogP contribution >= 0.6 is 0 Å². The first-order valence-corrected chi connectivity index (χ1v) is 17.4. The standard InChI is InChI=1S/C46H39N5.Pt/c1-45(2,3)37-22-23-41(39(30-37)33-16-10-7-11-17-33)51-42-21-13-20-38(43(42)49-44(51)46(4,5)50-27-26-47-31-50)35-18-12-19-36(28-35)40-29-34(24-25-48-40)32-14-8-6-9-15-32;/h6-27,29-30H,1-5H3;/q-2;+2. The number of aromatic nitrogens is 5. The quantitative estimate of drug-likeness (QED) is 0.150. The largest absolute Gasteiger partial charge is 2.00 e. The zero-order valence-corrected chi connectivity index (χ0v) is 32.2. The Morgan fingerprint density at radius 3 is 2.04 bits per heavy atom. The van der Waals surface area contributed by atoms with Crippen LogP contribution in [0.5, 0.6) is 0 Å². The van der Waals surface area contributed by atoms with Gasteiger partial charge in [-0.1, -0.05) is 117 Å². The molecule has 8 aromatic rings. The van der Waals surface area contributed by atoms with Gasteiger partial charge < -0.3 is 9.55 Å². The van der Waals surface area contributed by atoms with E-state index in [0.717, 1.165) is 67.2 Å². The molecule has 0 saturated heterocycles. The van der Waals surface area contributed by atoms with Crippen molar-refractivity contribution in [3.8, 4) is 50.3 Å². The van der Waals surface area contributed by atoms with Gasteiger partial charge >= 0.3 is 21.1 Å². The average molecular weight is 857 g/mol. The monoisotopic (exact) mass is 856 g/mol. The van der Waals surface area contributed by atoms with Crippen molar-refractivity contribution in [2.24, 2.45) is 0 Å². The molecule has 0 N–H and O–H groups in total. The zero-order valence-electron chi connectivity index (χ0n) is 29.9. The molecule has 258 valence electrons. The van der Waals surface area contributed by atoms with Crippen LogP contribution < -0.4 is 0 Å². The summed E-state index contributed by atoms with van der Waals surface area (Å²) >= 11 is 0. The van der Waals surface area contributed by atoms with E-state index in [0.29, 0.717) is 0 Å². The molecule has 0 amide bonds. The van der Waals surface area contributed by atoms with Crippen molar-refractivity contribution in [3.63, 3.8) is 0 Å². The molecule has 0 bridgehead atoms. The number of hydrogen-bond acceptors (Lipinski definition) is 3. The third kappa shape index (κ3) is 6.46. The van der Waals surface area contributed by atoms with E-state index in [1.54, 1.807) is 6.20 Å². The van der Waals surface area contributed by atoms with Crippen molar-refractivity contribution in [3.05, 3.63) is 170 Å². The number of benzene rings is 5. The van der Waals surface area contributed by atoms with E-state index in [-0.39, 0.29) is 26.5 Å². The molecule has 0 atom stereocenters.